The largest absolute Gasteiger partial charge is 0.504 e. The van der Waals surface area contributed by atoms with E-state index in [2.05, 4.69) is 15.5 Å². The van der Waals surface area contributed by atoms with E-state index in [0.29, 0.717) is 43.4 Å². The van der Waals surface area contributed by atoms with Crippen LogP contribution in [0.15, 0.2) is 30.3 Å². The molecule has 2 N–H and O–H groups in total. The van der Waals surface area contributed by atoms with Crippen LogP contribution in [-0.2, 0) is 21.9 Å². The van der Waals surface area contributed by atoms with Gasteiger partial charge in [-0.1, -0.05) is 31.4 Å². The third kappa shape index (κ3) is 6.47. The molecule has 2 aromatic carbocycles. The molecule has 4 bridgehead atoms. The topological polar surface area (TPSA) is 95.0 Å². The standard InChI is InChI=1S/C28H32F3N3O5/c29-25-18-7-6-8-22(25)28(30,31)17-37-10-4-2-1-3-5-11-38-27-21-13-23(35)24(39-19-9-12-36-16-19)14-20(21)26(32-15-18)33-34-27/h6-8,13-14,19,35H,1-5,9-12,15-17H2,(H,32,33). The molecule has 5 rings (SSSR count). The van der Waals surface area contributed by atoms with Crippen LogP contribution in [0.2, 0.25) is 0 Å². The molecule has 0 radical (unpaired) electrons. The second kappa shape index (κ2) is 12.3. The lowest BCUT2D eigenvalue weighted by molar-refractivity contribution is -0.0853. The molecule has 210 valence electrons. The molecule has 1 atom stereocenters. The predicted molar refractivity (Wildman–Crippen MR) is 138 cm³/mol. The molecule has 0 aliphatic carbocycles. The molecule has 1 aromatic heterocycles. The van der Waals surface area contributed by atoms with Gasteiger partial charge in [0, 0.05) is 30.5 Å². The fraction of sp³-hybridized carbons (Fsp3) is 0.500. The summed E-state index contributed by atoms with van der Waals surface area (Å²) in [5.74, 6) is -3.82. The number of fused-ring (bicyclic) bond motifs is 8. The summed E-state index contributed by atoms with van der Waals surface area (Å²) in [6.07, 6.45) is 4.48. The van der Waals surface area contributed by atoms with E-state index in [0.717, 1.165) is 31.7 Å². The molecule has 1 unspecified atom stereocenters. The maximum absolute atomic E-state index is 15.2. The fourth-order valence-electron chi connectivity index (χ4n) is 4.72. The number of halogens is 3. The third-order valence-corrected chi connectivity index (χ3v) is 6.88. The van der Waals surface area contributed by atoms with Crippen molar-refractivity contribution in [2.24, 2.45) is 0 Å². The first-order valence-corrected chi connectivity index (χ1v) is 13.3. The van der Waals surface area contributed by atoms with Gasteiger partial charge in [-0.15, -0.1) is 10.2 Å². The van der Waals surface area contributed by atoms with Crippen LogP contribution in [-0.4, -0.2) is 54.4 Å². The van der Waals surface area contributed by atoms with Crippen molar-refractivity contribution in [1.29, 1.82) is 0 Å². The molecule has 1 saturated heterocycles. The number of nitrogens with zero attached hydrogens (tertiary/aromatic N) is 2. The zero-order valence-electron chi connectivity index (χ0n) is 21.6. The van der Waals surface area contributed by atoms with Crippen molar-refractivity contribution in [3.8, 4) is 17.4 Å². The van der Waals surface area contributed by atoms with Gasteiger partial charge in [-0.2, -0.15) is 8.78 Å². The number of alkyl halides is 2. The molecule has 0 saturated carbocycles. The number of hydrogen-bond donors (Lipinski definition) is 2. The number of anilines is 1. The van der Waals surface area contributed by atoms with Crippen LogP contribution in [0.4, 0.5) is 19.0 Å². The van der Waals surface area contributed by atoms with Crippen molar-refractivity contribution in [3.63, 3.8) is 0 Å². The Hall–Kier alpha value is -3.31. The molecule has 3 heterocycles. The molecule has 1 fully saturated rings. The molecule has 2 aliphatic heterocycles. The van der Waals surface area contributed by atoms with E-state index >= 15 is 4.39 Å². The quantitative estimate of drug-likeness (QED) is 0.422. The van der Waals surface area contributed by atoms with E-state index in [1.165, 1.54) is 18.2 Å². The van der Waals surface area contributed by atoms with Crippen molar-refractivity contribution in [2.75, 3.05) is 38.4 Å². The lowest BCUT2D eigenvalue weighted by Crippen LogP contribution is -2.24. The van der Waals surface area contributed by atoms with E-state index in [4.69, 9.17) is 18.9 Å². The number of phenolic OH excluding ortho intramolecular Hbond substituents is 1. The van der Waals surface area contributed by atoms with Crippen molar-refractivity contribution in [1.82, 2.24) is 10.2 Å². The number of benzene rings is 2. The van der Waals surface area contributed by atoms with Crippen LogP contribution in [0.1, 0.15) is 49.7 Å². The molecule has 11 heteroatoms. The predicted octanol–water partition coefficient (Wildman–Crippen LogP) is 5.71. The maximum Gasteiger partial charge on any atom is 0.298 e. The summed E-state index contributed by atoms with van der Waals surface area (Å²) >= 11 is 0. The Bertz CT molecular complexity index is 1290. The first-order valence-electron chi connectivity index (χ1n) is 13.3. The molecule has 0 spiro atoms. The van der Waals surface area contributed by atoms with Crippen LogP contribution in [0.3, 0.4) is 0 Å². The number of hydrogen-bond acceptors (Lipinski definition) is 8. The molecule has 39 heavy (non-hydrogen) atoms. The second-order valence-corrected chi connectivity index (χ2v) is 9.83. The van der Waals surface area contributed by atoms with Crippen LogP contribution < -0.4 is 14.8 Å². The summed E-state index contributed by atoms with van der Waals surface area (Å²) in [5, 5.41) is 23.2. The van der Waals surface area contributed by atoms with Gasteiger partial charge in [0.1, 0.15) is 18.5 Å². The number of phenols is 1. The van der Waals surface area contributed by atoms with Crippen molar-refractivity contribution in [2.45, 2.75) is 57.1 Å². The highest BCUT2D eigenvalue weighted by atomic mass is 19.3. The van der Waals surface area contributed by atoms with Gasteiger partial charge in [0.15, 0.2) is 17.3 Å². The summed E-state index contributed by atoms with van der Waals surface area (Å²) in [7, 11) is 0. The Morgan fingerprint density at radius 3 is 2.62 bits per heavy atom. The average Bonchev–Trinajstić information content (AvgIpc) is 3.43. The van der Waals surface area contributed by atoms with E-state index < -0.39 is 23.9 Å². The number of aromatic hydroxyl groups is 1. The lowest BCUT2D eigenvalue weighted by atomic mass is 10.0. The highest BCUT2D eigenvalue weighted by molar-refractivity contribution is 5.97. The van der Waals surface area contributed by atoms with E-state index in [-0.39, 0.29) is 48.0 Å². The molecule has 8 nitrogen and oxygen atoms in total. The van der Waals surface area contributed by atoms with Gasteiger partial charge in [0.05, 0.1) is 30.8 Å². The van der Waals surface area contributed by atoms with Crippen LogP contribution in [0, 0.1) is 5.82 Å². The molecule has 2 aliphatic rings. The number of rotatable bonds is 2. The Morgan fingerprint density at radius 1 is 0.974 bits per heavy atom. The number of aromatic nitrogens is 2. The molecular formula is C28H32F3N3O5. The minimum absolute atomic E-state index is 0.0372. The van der Waals surface area contributed by atoms with Crippen molar-refractivity contribution >= 4 is 16.6 Å². The number of nitrogens with one attached hydrogen (secondary N) is 1. The van der Waals surface area contributed by atoms with E-state index in [9.17, 15) is 13.9 Å². The van der Waals surface area contributed by atoms with E-state index in [1.54, 1.807) is 6.07 Å². The van der Waals surface area contributed by atoms with Crippen LogP contribution in [0.25, 0.3) is 10.8 Å². The minimum atomic E-state index is -3.47. The van der Waals surface area contributed by atoms with Gasteiger partial charge < -0.3 is 29.4 Å². The second-order valence-electron chi connectivity index (χ2n) is 9.83. The first-order chi connectivity index (χ1) is 18.9. The SMILES string of the molecule is Oc1cc2c3nnc(c2cc1OC1CCOC1)NCc1cccc(c1F)C(F)(F)COCCCCCCCO3. The van der Waals surface area contributed by atoms with Crippen molar-refractivity contribution in [3.05, 3.63) is 47.3 Å². The highest BCUT2D eigenvalue weighted by Crippen LogP contribution is 2.39. The summed E-state index contributed by atoms with van der Waals surface area (Å²) in [6, 6.07) is 7.03. The lowest BCUT2D eigenvalue weighted by Gasteiger charge is -2.20. The maximum atomic E-state index is 15.2. The Morgan fingerprint density at radius 2 is 1.79 bits per heavy atom. The number of ether oxygens (including phenoxy) is 4. The monoisotopic (exact) mass is 547 g/mol. The Labute approximate surface area is 224 Å². The highest BCUT2D eigenvalue weighted by Gasteiger charge is 2.35. The van der Waals surface area contributed by atoms with Gasteiger partial charge >= 0.3 is 0 Å². The first kappa shape index (κ1) is 27.3. The summed E-state index contributed by atoms with van der Waals surface area (Å²) in [5.41, 5.74) is -0.675. The molecule has 0 amide bonds. The van der Waals surface area contributed by atoms with Gasteiger partial charge in [-0.05, 0) is 31.0 Å². The summed E-state index contributed by atoms with van der Waals surface area (Å²) in [4.78, 5) is 0. The average molecular weight is 548 g/mol. The Kier molecular flexibility index (Phi) is 8.56. The summed E-state index contributed by atoms with van der Waals surface area (Å²) in [6.45, 7) is 0.557. The van der Waals surface area contributed by atoms with Gasteiger partial charge in [0.25, 0.3) is 5.92 Å². The van der Waals surface area contributed by atoms with Gasteiger partial charge in [-0.25, -0.2) is 4.39 Å². The summed E-state index contributed by atoms with van der Waals surface area (Å²) < 4.78 is 67.3. The molecule has 3 aromatic rings. The zero-order chi connectivity index (χ0) is 27.2. The van der Waals surface area contributed by atoms with Gasteiger partial charge in [0.2, 0.25) is 5.88 Å². The molecular weight excluding hydrogens is 515 g/mol. The van der Waals surface area contributed by atoms with Crippen LogP contribution in [0.5, 0.6) is 17.4 Å². The van der Waals surface area contributed by atoms with Gasteiger partial charge in [-0.3, -0.25) is 0 Å². The zero-order valence-corrected chi connectivity index (χ0v) is 21.6. The third-order valence-electron chi connectivity index (χ3n) is 6.88. The Balaban J connectivity index is 1.49. The van der Waals surface area contributed by atoms with E-state index in [1.807, 2.05) is 0 Å². The van der Waals surface area contributed by atoms with Crippen molar-refractivity contribution < 1.29 is 37.2 Å². The van der Waals surface area contributed by atoms with Crippen LogP contribution >= 0.6 is 0 Å². The minimum Gasteiger partial charge on any atom is -0.504 e. The smallest absolute Gasteiger partial charge is 0.298 e. The fourth-order valence-corrected chi connectivity index (χ4v) is 4.72. The normalized spacial score (nSPS) is 20.7.